The molecule has 184 valence electrons. The summed E-state index contributed by atoms with van der Waals surface area (Å²) in [7, 11) is -3.70. The van der Waals surface area contributed by atoms with Gasteiger partial charge in [0.15, 0.2) is 11.5 Å². The summed E-state index contributed by atoms with van der Waals surface area (Å²) in [4.78, 5) is 12.7. The topological polar surface area (TPSA) is 133 Å². The van der Waals surface area contributed by atoms with Crippen LogP contribution in [-0.2, 0) is 21.2 Å². The van der Waals surface area contributed by atoms with Crippen LogP contribution in [0.4, 0.5) is 6.01 Å². The zero-order chi connectivity index (χ0) is 24.6. The number of morpholine rings is 1. The second-order valence-corrected chi connectivity index (χ2v) is 10.4. The van der Waals surface area contributed by atoms with Crippen LogP contribution in [0.15, 0.2) is 51.8 Å². The summed E-state index contributed by atoms with van der Waals surface area (Å²) in [5, 5.41) is 10.4. The van der Waals surface area contributed by atoms with E-state index in [2.05, 4.69) is 15.5 Å². The zero-order valence-corrected chi connectivity index (χ0v) is 19.9. The third-order valence-electron chi connectivity index (χ3n) is 5.62. The fraction of sp³-hybridized carbons (Fsp3) is 0.348. The van der Waals surface area contributed by atoms with Crippen LogP contribution in [0.25, 0.3) is 0 Å². The van der Waals surface area contributed by atoms with Gasteiger partial charge in [-0.05, 0) is 55.8 Å². The molecule has 11 nitrogen and oxygen atoms in total. The first kappa shape index (κ1) is 23.3. The van der Waals surface area contributed by atoms with Crippen LogP contribution >= 0.6 is 0 Å². The molecule has 2 aliphatic rings. The molecule has 0 saturated carbocycles. The minimum absolute atomic E-state index is 0.0567. The smallest absolute Gasteiger partial charge is 0.322 e. The first-order valence-electron chi connectivity index (χ1n) is 11.1. The number of hydrogen-bond acceptors (Lipinski definition) is 9. The van der Waals surface area contributed by atoms with Crippen LogP contribution in [0.1, 0.15) is 35.7 Å². The van der Waals surface area contributed by atoms with E-state index in [0.717, 1.165) is 5.56 Å². The van der Waals surface area contributed by atoms with Crippen LogP contribution in [0, 0.1) is 0 Å². The van der Waals surface area contributed by atoms with Gasteiger partial charge in [-0.1, -0.05) is 11.2 Å². The average molecular weight is 501 g/mol. The third kappa shape index (κ3) is 4.99. The Hall–Kier alpha value is -3.48. The Bertz CT molecular complexity index is 1330. The number of amides is 1. The van der Waals surface area contributed by atoms with Gasteiger partial charge in [-0.15, -0.1) is 5.10 Å². The summed E-state index contributed by atoms with van der Waals surface area (Å²) in [6.45, 7) is 4.42. The molecule has 3 aromatic rings. The van der Waals surface area contributed by atoms with E-state index >= 15 is 0 Å². The predicted molar refractivity (Wildman–Crippen MR) is 123 cm³/mol. The molecule has 1 aromatic heterocycles. The van der Waals surface area contributed by atoms with Gasteiger partial charge < -0.3 is 18.6 Å². The molecule has 5 rings (SSSR count). The summed E-state index contributed by atoms with van der Waals surface area (Å²) >= 11 is 0. The van der Waals surface area contributed by atoms with E-state index in [9.17, 15) is 13.2 Å². The maximum atomic E-state index is 13.0. The number of nitrogens with one attached hydrogen (secondary N) is 1. The number of hydrogen-bond donors (Lipinski definition) is 1. The van der Waals surface area contributed by atoms with E-state index in [-0.39, 0.29) is 48.6 Å². The standard InChI is InChI=1S/C23H24N4O7S/c1-14-11-27(12-15(2)33-14)35(29,30)18-6-4-17(5-7-18)22(28)24-23-26-25-21(34-23)10-16-3-8-19-20(9-16)32-13-31-19/h3-9,14-15H,10-13H2,1-2H3,(H,24,26,28). The Balaban J connectivity index is 1.22. The summed E-state index contributed by atoms with van der Waals surface area (Å²) in [5.41, 5.74) is 1.14. The van der Waals surface area contributed by atoms with Gasteiger partial charge in [0.2, 0.25) is 22.7 Å². The molecule has 2 unspecified atom stereocenters. The first-order chi connectivity index (χ1) is 16.8. The monoisotopic (exact) mass is 500 g/mol. The van der Waals surface area contributed by atoms with Crippen molar-refractivity contribution in [3.63, 3.8) is 0 Å². The Morgan fingerprint density at radius 1 is 1.03 bits per heavy atom. The summed E-state index contributed by atoms with van der Waals surface area (Å²) in [6, 6.07) is 11.2. The van der Waals surface area contributed by atoms with Crippen LogP contribution in [0.5, 0.6) is 11.5 Å². The van der Waals surface area contributed by atoms with Crippen molar-refractivity contribution in [2.75, 3.05) is 25.2 Å². The van der Waals surface area contributed by atoms with Crippen molar-refractivity contribution in [2.24, 2.45) is 0 Å². The summed E-state index contributed by atoms with van der Waals surface area (Å²) < 4.78 is 49.2. The number of benzene rings is 2. The summed E-state index contributed by atoms with van der Waals surface area (Å²) in [5.74, 6) is 1.15. The van der Waals surface area contributed by atoms with Crippen LogP contribution in [0.2, 0.25) is 0 Å². The quantitative estimate of drug-likeness (QED) is 0.542. The number of carbonyl (C=O) groups is 1. The number of aromatic nitrogens is 2. The number of ether oxygens (including phenoxy) is 3. The number of nitrogens with zero attached hydrogens (tertiary/aromatic N) is 3. The van der Waals surface area contributed by atoms with Gasteiger partial charge >= 0.3 is 6.01 Å². The summed E-state index contributed by atoms with van der Waals surface area (Å²) in [6.07, 6.45) is -0.0315. The van der Waals surface area contributed by atoms with Crippen molar-refractivity contribution in [2.45, 2.75) is 37.4 Å². The SMILES string of the molecule is CC1CN(S(=O)(=O)c2ccc(C(=O)Nc3nnc(Cc4ccc5c(c4)OCO5)o3)cc2)CC(C)O1. The van der Waals surface area contributed by atoms with Crippen molar-refractivity contribution in [1.82, 2.24) is 14.5 Å². The Morgan fingerprint density at radius 3 is 2.49 bits per heavy atom. The highest BCUT2D eigenvalue weighted by atomic mass is 32.2. The maximum absolute atomic E-state index is 13.0. The maximum Gasteiger partial charge on any atom is 0.322 e. The van der Waals surface area contributed by atoms with E-state index < -0.39 is 15.9 Å². The molecule has 1 saturated heterocycles. The number of anilines is 1. The second kappa shape index (κ2) is 9.29. The lowest BCUT2D eigenvalue weighted by Gasteiger charge is -2.34. The van der Waals surface area contributed by atoms with Gasteiger partial charge in [-0.2, -0.15) is 4.31 Å². The van der Waals surface area contributed by atoms with Gasteiger partial charge in [0.25, 0.3) is 5.91 Å². The van der Waals surface area contributed by atoms with Gasteiger partial charge in [-0.25, -0.2) is 8.42 Å². The molecule has 12 heteroatoms. The number of rotatable bonds is 6. The highest BCUT2D eigenvalue weighted by Gasteiger charge is 2.32. The molecule has 2 atom stereocenters. The van der Waals surface area contributed by atoms with Crippen LogP contribution in [0.3, 0.4) is 0 Å². The fourth-order valence-corrected chi connectivity index (χ4v) is 5.62. The molecular formula is C23H24N4O7S. The Labute approximate surface area is 202 Å². The minimum Gasteiger partial charge on any atom is -0.454 e. The molecular weight excluding hydrogens is 476 g/mol. The highest BCUT2D eigenvalue weighted by Crippen LogP contribution is 2.33. The lowest BCUT2D eigenvalue weighted by atomic mass is 10.1. The van der Waals surface area contributed by atoms with Gasteiger partial charge in [0.05, 0.1) is 23.5 Å². The predicted octanol–water partition coefficient (Wildman–Crippen LogP) is 2.44. The van der Waals surface area contributed by atoms with Crippen molar-refractivity contribution < 1.29 is 31.8 Å². The molecule has 35 heavy (non-hydrogen) atoms. The molecule has 3 heterocycles. The number of sulfonamides is 1. The number of carbonyl (C=O) groups excluding carboxylic acids is 1. The molecule has 0 spiro atoms. The normalized spacial score (nSPS) is 20.1. The minimum atomic E-state index is -3.70. The lowest BCUT2D eigenvalue weighted by Crippen LogP contribution is -2.48. The zero-order valence-electron chi connectivity index (χ0n) is 19.1. The third-order valence-corrected chi connectivity index (χ3v) is 7.47. The lowest BCUT2D eigenvalue weighted by molar-refractivity contribution is -0.0440. The molecule has 2 aromatic carbocycles. The van der Waals surface area contributed by atoms with E-state index in [1.165, 1.54) is 28.6 Å². The Kier molecular flexibility index (Phi) is 6.17. The van der Waals surface area contributed by atoms with Crippen molar-refractivity contribution in [3.8, 4) is 11.5 Å². The van der Waals surface area contributed by atoms with Crippen molar-refractivity contribution in [1.29, 1.82) is 0 Å². The average Bonchev–Trinajstić information content (AvgIpc) is 3.47. The highest BCUT2D eigenvalue weighted by molar-refractivity contribution is 7.89. The van der Waals surface area contributed by atoms with Gasteiger partial charge in [0, 0.05) is 18.7 Å². The Morgan fingerprint density at radius 2 is 1.74 bits per heavy atom. The number of fused-ring (bicyclic) bond motifs is 1. The molecule has 1 amide bonds. The van der Waals surface area contributed by atoms with Gasteiger partial charge in [-0.3, -0.25) is 10.1 Å². The molecule has 0 bridgehead atoms. The molecule has 2 aliphatic heterocycles. The van der Waals surface area contributed by atoms with Gasteiger partial charge in [0.1, 0.15) is 0 Å². The van der Waals surface area contributed by atoms with E-state index in [1.807, 2.05) is 26.0 Å². The van der Waals surface area contributed by atoms with Crippen LogP contribution < -0.4 is 14.8 Å². The van der Waals surface area contributed by atoms with E-state index in [0.29, 0.717) is 23.8 Å². The van der Waals surface area contributed by atoms with Crippen LogP contribution in [-0.4, -0.2) is 60.9 Å². The van der Waals surface area contributed by atoms with E-state index in [1.54, 1.807) is 6.07 Å². The molecule has 1 fully saturated rings. The molecule has 0 radical (unpaired) electrons. The van der Waals surface area contributed by atoms with E-state index in [4.69, 9.17) is 18.6 Å². The first-order valence-corrected chi connectivity index (χ1v) is 12.5. The molecule has 0 aliphatic carbocycles. The fourth-order valence-electron chi connectivity index (χ4n) is 4.02. The van der Waals surface area contributed by atoms with Crippen molar-refractivity contribution >= 4 is 21.9 Å². The second-order valence-electron chi connectivity index (χ2n) is 8.42. The molecule has 1 N–H and O–H groups in total. The van der Waals surface area contributed by atoms with Crippen molar-refractivity contribution in [3.05, 3.63) is 59.5 Å². The largest absolute Gasteiger partial charge is 0.454 e.